The van der Waals surface area contributed by atoms with Crippen molar-refractivity contribution in [2.45, 2.75) is 24.4 Å². The van der Waals surface area contributed by atoms with Crippen LogP contribution < -0.4 is 5.32 Å². The number of nitrogens with zero attached hydrogens (tertiary/aromatic N) is 2. The number of fused-ring (bicyclic) bond motifs is 3. The van der Waals surface area contributed by atoms with E-state index in [-0.39, 0.29) is 44.7 Å². The van der Waals surface area contributed by atoms with Gasteiger partial charge in [-0.1, -0.05) is 78.9 Å². The number of carbonyl (C=O) groups is 3. The monoisotopic (exact) mass is 569 g/mol. The van der Waals surface area contributed by atoms with Crippen molar-refractivity contribution in [3.05, 3.63) is 95.6 Å². The molecule has 3 aromatic rings. The van der Waals surface area contributed by atoms with Gasteiger partial charge in [0.2, 0.25) is 5.91 Å². The predicted octanol–water partition coefficient (Wildman–Crippen LogP) is 3.73. The number of nitrogens with one attached hydrogen (secondary N) is 1. The molecular formula is C33H35N3O6. The number of amides is 2. The summed E-state index contributed by atoms with van der Waals surface area (Å²) in [6, 6.07) is 26.2. The van der Waals surface area contributed by atoms with Crippen LogP contribution in [0.2, 0.25) is 0 Å². The number of likely N-dealkylation sites (tertiary alicyclic amines) is 1. The Morgan fingerprint density at radius 1 is 0.929 bits per heavy atom. The highest BCUT2D eigenvalue weighted by molar-refractivity contribution is 5.91. The van der Waals surface area contributed by atoms with E-state index in [1.807, 2.05) is 54.6 Å². The molecule has 3 aromatic carbocycles. The van der Waals surface area contributed by atoms with E-state index in [1.165, 1.54) is 4.90 Å². The Bertz CT molecular complexity index is 1420. The van der Waals surface area contributed by atoms with Gasteiger partial charge in [-0.3, -0.25) is 14.5 Å². The van der Waals surface area contributed by atoms with Crippen molar-refractivity contribution in [1.82, 2.24) is 15.1 Å². The molecule has 2 amide bonds. The zero-order chi connectivity index (χ0) is 29.1. The summed E-state index contributed by atoms with van der Waals surface area (Å²) in [6.07, 6.45) is -0.273. The lowest BCUT2D eigenvalue weighted by atomic mass is 9.95. The Morgan fingerprint density at radius 3 is 2.29 bits per heavy atom. The van der Waals surface area contributed by atoms with Gasteiger partial charge in [-0.15, -0.1) is 0 Å². The smallest absolute Gasteiger partial charge is 0.408 e. The van der Waals surface area contributed by atoms with E-state index in [0.717, 1.165) is 27.8 Å². The fourth-order valence-electron chi connectivity index (χ4n) is 6.47. The second kappa shape index (κ2) is 12.0. The van der Waals surface area contributed by atoms with E-state index < -0.39 is 23.5 Å². The van der Waals surface area contributed by atoms with E-state index in [2.05, 4.69) is 34.5 Å². The van der Waals surface area contributed by atoms with E-state index in [9.17, 15) is 19.5 Å². The number of benzene rings is 3. The van der Waals surface area contributed by atoms with Crippen LogP contribution in [-0.2, 0) is 25.6 Å². The van der Waals surface area contributed by atoms with Gasteiger partial charge in [0, 0.05) is 38.6 Å². The number of carboxylic acid groups (broad SMARTS) is 1. The fraction of sp³-hybridized carbons (Fsp3) is 0.364. The molecule has 2 fully saturated rings. The Hall–Kier alpha value is -4.21. The van der Waals surface area contributed by atoms with Crippen LogP contribution in [0, 0.1) is 5.92 Å². The molecule has 218 valence electrons. The summed E-state index contributed by atoms with van der Waals surface area (Å²) >= 11 is 0. The SMILES string of the molecule is O=C(NC1(C(=O)N2CCOCC(C(=O)O)C2)CCN(Cc2ccccc2)C1)OCC1c2ccccc2-c2ccccc21. The second-order valence-corrected chi connectivity index (χ2v) is 11.3. The number of rotatable bonds is 7. The number of carboxylic acids is 1. The minimum atomic E-state index is -1.25. The van der Waals surface area contributed by atoms with Crippen molar-refractivity contribution < 1.29 is 29.0 Å². The van der Waals surface area contributed by atoms with E-state index >= 15 is 0 Å². The van der Waals surface area contributed by atoms with Crippen LogP contribution in [0.3, 0.4) is 0 Å². The van der Waals surface area contributed by atoms with E-state index in [1.54, 1.807) is 0 Å². The number of hydrogen-bond acceptors (Lipinski definition) is 6. The highest BCUT2D eigenvalue weighted by Crippen LogP contribution is 2.44. The van der Waals surface area contributed by atoms with Crippen LogP contribution in [0.5, 0.6) is 0 Å². The highest BCUT2D eigenvalue weighted by Gasteiger charge is 2.49. The average molecular weight is 570 g/mol. The van der Waals surface area contributed by atoms with Crippen LogP contribution in [0.4, 0.5) is 4.79 Å². The highest BCUT2D eigenvalue weighted by atomic mass is 16.5. The quantitative estimate of drug-likeness (QED) is 0.447. The van der Waals surface area contributed by atoms with Crippen molar-refractivity contribution in [3.8, 4) is 11.1 Å². The van der Waals surface area contributed by atoms with Crippen LogP contribution in [0.15, 0.2) is 78.9 Å². The molecule has 2 saturated heterocycles. The first-order valence-corrected chi connectivity index (χ1v) is 14.4. The van der Waals surface area contributed by atoms with Gasteiger partial charge >= 0.3 is 12.1 Å². The minimum absolute atomic E-state index is 0.0287. The van der Waals surface area contributed by atoms with Crippen molar-refractivity contribution in [3.63, 3.8) is 0 Å². The average Bonchev–Trinajstić information content (AvgIpc) is 3.44. The standard InChI is InChI=1S/C33H35N3O6/c37-30(38)24-19-36(16-17-41-20-24)31(39)33(14-15-35(22-33)18-23-8-2-1-3-9-23)34-32(40)42-21-29-27-12-6-4-10-25(27)26-11-5-7-13-28(26)29/h1-13,24,29H,14-22H2,(H,34,40)(H,37,38). The number of carbonyl (C=O) groups excluding carboxylic acids is 2. The summed E-state index contributed by atoms with van der Waals surface area (Å²) in [4.78, 5) is 43.0. The molecule has 0 aromatic heterocycles. The zero-order valence-electron chi connectivity index (χ0n) is 23.4. The summed E-state index contributed by atoms with van der Waals surface area (Å²) in [5, 5.41) is 12.6. The molecule has 9 nitrogen and oxygen atoms in total. The lowest BCUT2D eigenvalue weighted by Crippen LogP contribution is -2.62. The molecule has 1 aliphatic carbocycles. The summed E-state index contributed by atoms with van der Waals surface area (Å²) in [5.74, 6) is -2.24. The largest absolute Gasteiger partial charge is 0.481 e. The molecule has 2 unspecified atom stereocenters. The first-order valence-electron chi connectivity index (χ1n) is 14.4. The Balaban J connectivity index is 1.20. The molecule has 2 N–H and O–H groups in total. The van der Waals surface area contributed by atoms with Gasteiger partial charge in [0.25, 0.3) is 0 Å². The van der Waals surface area contributed by atoms with Gasteiger partial charge in [0.05, 0.1) is 19.1 Å². The third kappa shape index (κ3) is 5.62. The third-order valence-electron chi connectivity index (χ3n) is 8.59. The summed E-state index contributed by atoms with van der Waals surface area (Å²) < 4.78 is 11.3. The van der Waals surface area contributed by atoms with Crippen LogP contribution in [0.25, 0.3) is 11.1 Å². The number of hydrogen-bond donors (Lipinski definition) is 2. The first-order chi connectivity index (χ1) is 20.4. The second-order valence-electron chi connectivity index (χ2n) is 11.3. The van der Waals surface area contributed by atoms with Crippen molar-refractivity contribution in [2.24, 2.45) is 5.92 Å². The summed E-state index contributed by atoms with van der Waals surface area (Å²) in [6.45, 7) is 2.23. The number of aliphatic carboxylic acids is 1. The lowest BCUT2D eigenvalue weighted by molar-refractivity contribution is -0.145. The van der Waals surface area contributed by atoms with Crippen molar-refractivity contribution in [2.75, 3.05) is 46.0 Å². The first kappa shape index (κ1) is 27.9. The van der Waals surface area contributed by atoms with Crippen molar-refractivity contribution >= 4 is 18.0 Å². The molecule has 2 atom stereocenters. The molecule has 0 bridgehead atoms. The maximum atomic E-state index is 14.1. The molecule has 2 aliphatic heterocycles. The van der Waals surface area contributed by atoms with Gasteiger partial charge in [0.15, 0.2) is 0 Å². The zero-order valence-corrected chi connectivity index (χ0v) is 23.4. The van der Waals surface area contributed by atoms with Gasteiger partial charge in [-0.2, -0.15) is 0 Å². The van der Waals surface area contributed by atoms with Gasteiger partial charge < -0.3 is 24.8 Å². The Labute approximate surface area is 245 Å². The Kier molecular flexibility index (Phi) is 7.95. The molecular weight excluding hydrogens is 534 g/mol. The maximum absolute atomic E-state index is 14.1. The molecule has 0 spiro atoms. The summed E-state index contributed by atoms with van der Waals surface area (Å²) in [5.41, 5.74) is 4.35. The van der Waals surface area contributed by atoms with Crippen LogP contribution in [-0.4, -0.2) is 84.4 Å². The predicted molar refractivity (Wildman–Crippen MR) is 156 cm³/mol. The fourth-order valence-corrected chi connectivity index (χ4v) is 6.47. The molecule has 3 aliphatic rings. The van der Waals surface area contributed by atoms with Crippen LogP contribution in [0.1, 0.15) is 29.0 Å². The van der Waals surface area contributed by atoms with Gasteiger partial charge in [-0.25, -0.2) is 4.79 Å². The van der Waals surface area contributed by atoms with E-state index in [0.29, 0.717) is 26.1 Å². The van der Waals surface area contributed by atoms with Crippen molar-refractivity contribution in [1.29, 1.82) is 0 Å². The molecule has 0 radical (unpaired) electrons. The molecule has 9 heteroatoms. The number of alkyl carbamates (subject to hydrolysis) is 1. The van der Waals surface area contributed by atoms with Crippen LogP contribution >= 0.6 is 0 Å². The molecule has 42 heavy (non-hydrogen) atoms. The Morgan fingerprint density at radius 2 is 1.60 bits per heavy atom. The van der Waals surface area contributed by atoms with E-state index in [4.69, 9.17) is 9.47 Å². The molecule has 2 heterocycles. The molecule has 0 saturated carbocycles. The lowest BCUT2D eigenvalue weighted by Gasteiger charge is -2.35. The van der Waals surface area contributed by atoms with Gasteiger partial charge in [0.1, 0.15) is 12.1 Å². The normalized spacial score (nSPS) is 22.2. The van der Waals surface area contributed by atoms with Gasteiger partial charge in [-0.05, 0) is 34.2 Å². The third-order valence-corrected chi connectivity index (χ3v) is 8.59. The maximum Gasteiger partial charge on any atom is 0.408 e. The topological polar surface area (TPSA) is 108 Å². The number of ether oxygens (including phenoxy) is 2. The molecule has 6 rings (SSSR count). The minimum Gasteiger partial charge on any atom is -0.481 e. The summed E-state index contributed by atoms with van der Waals surface area (Å²) in [7, 11) is 0.